The molecular formula is C19H30N2O3S. The van der Waals surface area contributed by atoms with Gasteiger partial charge < -0.3 is 20.1 Å². The smallest absolute Gasteiger partial charge is 0.261 e. The molecule has 1 saturated heterocycles. The highest BCUT2D eigenvalue weighted by Gasteiger charge is 2.42. The van der Waals surface area contributed by atoms with E-state index >= 15 is 0 Å². The van der Waals surface area contributed by atoms with E-state index < -0.39 is 6.10 Å². The van der Waals surface area contributed by atoms with Gasteiger partial charge in [0.2, 0.25) is 0 Å². The van der Waals surface area contributed by atoms with E-state index in [1.54, 1.807) is 11.3 Å². The molecule has 1 aromatic heterocycles. The minimum atomic E-state index is -0.476. The molecule has 1 unspecified atom stereocenters. The van der Waals surface area contributed by atoms with Gasteiger partial charge >= 0.3 is 0 Å². The van der Waals surface area contributed by atoms with Crippen LogP contribution in [-0.2, 0) is 16.8 Å². The molecule has 6 heteroatoms. The molecule has 2 N–H and O–H groups in total. The van der Waals surface area contributed by atoms with Crippen molar-refractivity contribution in [1.29, 1.82) is 0 Å². The average Bonchev–Trinajstić information content (AvgIpc) is 3.07. The van der Waals surface area contributed by atoms with Crippen LogP contribution in [0.1, 0.15) is 59.6 Å². The number of fused-ring (bicyclic) bond motifs is 2. The van der Waals surface area contributed by atoms with Gasteiger partial charge in [0.15, 0.2) is 0 Å². The van der Waals surface area contributed by atoms with Gasteiger partial charge in [-0.15, -0.1) is 11.3 Å². The van der Waals surface area contributed by atoms with Gasteiger partial charge in [-0.3, -0.25) is 4.79 Å². The minimum absolute atomic E-state index is 0.0783. The minimum Gasteiger partial charge on any atom is -0.391 e. The fraction of sp³-hybridized carbons (Fsp3) is 0.737. The summed E-state index contributed by atoms with van der Waals surface area (Å²) in [5.41, 5.74) is 1.04. The molecule has 1 atom stereocenters. The number of hydrogen-bond donors (Lipinski definition) is 2. The Kier molecular flexibility index (Phi) is 6.15. The zero-order chi connectivity index (χ0) is 17.9. The third kappa shape index (κ3) is 4.08. The van der Waals surface area contributed by atoms with Crippen molar-refractivity contribution in [1.82, 2.24) is 10.2 Å². The Labute approximate surface area is 154 Å². The van der Waals surface area contributed by atoms with Crippen LogP contribution in [0.4, 0.5) is 0 Å². The SMILES string of the molecule is CCCN1CCC2(CC1)OCCc1sc(C(=O)NCC(O)CC)cc12. The van der Waals surface area contributed by atoms with Gasteiger partial charge in [0.1, 0.15) is 0 Å². The summed E-state index contributed by atoms with van der Waals surface area (Å²) in [5, 5.41) is 12.5. The number of piperidine rings is 1. The average molecular weight is 367 g/mol. The lowest BCUT2D eigenvalue weighted by Gasteiger charge is -2.44. The van der Waals surface area contributed by atoms with Gasteiger partial charge in [-0.2, -0.15) is 0 Å². The Bertz CT molecular complexity index is 593. The summed E-state index contributed by atoms with van der Waals surface area (Å²) in [5.74, 6) is -0.0783. The Morgan fingerprint density at radius 1 is 1.44 bits per heavy atom. The fourth-order valence-electron chi connectivity index (χ4n) is 3.84. The number of likely N-dealkylation sites (tertiary alicyclic amines) is 1. The molecule has 2 aliphatic rings. The van der Waals surface area contributed by atoms with Crippen LogP contribution in [0.25, 0.3) is 0 Å². The Morgan fingerprint density at radius 3 is 2.88 bits per heavy atom. The largest absolute Gasteiger partial charge is 0.391 e. The molecular weight excluding hydrogens is 336 g/mol. The van der Waals surface area contributed by atoms with Gasteiger partial charge in [0, 0.05) is 30.9 Å². The van der Waals surface area contributed by atoms with Gasteiger partial charge in [0.05, 0.1) is 23.2 Å². The molecule has 2 aliphatic heterocycles. The molecule has 1 fully saturated rings. The lowest BCUT2D eigenvalue weighted by atomic mass is 9.82. The second-order valence-corrected chi connectivity index (χ2v) is 8.29. The van der Waals surface area contributed by atoms with Crippen LogP contribution in [0, 0.1) is 0 Å². The topological polar surface area (TPSA) is 61.8 Å². The summed E-state index contributed by atoms with van der Waals surface area (Å²) < 4.78 is 6.28. The first kappa shape index (κ1) is 18.8. The Hall–Kier alpha value is -0.950. The van der Waals surface area contributed by atoms with Gasteiger partial charge in [-0.05, 0) is 43.9 Å². The number of hydrogen-bond acceptors (Lipinski definition) is 5. The summed E-state index contributed by atoms with van der Waals surface area (Å²) in [4.78, 5) is 17.0. The van der Waals surface area contributed by atoms with Gasteiger partial charge in [-0.1, -0.05) is 13.8 Å². The van der Waals surface area contributed by atoms with Crippen molar-refractivity contribution < 1.29 is 14.6 Å². The van der Waals surface area contributed by atoms with Crippen molar-refractivity contribution in [3.05, 3.63) is 21.4 Å². The van der Waals surface area contributed by atoms with Crippen molar-refractivity contribution in [2.75, 3.05) is 32.8 Å². The van der Waals surface area contributed by atoms with E-state index in [4.69, 9.17) is 4.74 Å². The molecule has 25 heavy (non-hydrogen) atoms. The molecule has 1 spiro atoms. The number of aliphatic hydroxyl groups is 1. The van der Waals surface area contributed by atoms with E-state index in [1.807, 2.05) is 13.0 Å². The van der Waals surface area contributed by atoms with Crippen molar-refractivity contribution in [2.24, 2.45) is 0 Å². The van der Waals surface area contributed by atoms with Crippen LogP contribution >= 0.6 is 11.3 Å². The molecule has 5 nitrogen and oxygen atoms in total. The van der Waals surface area contributed by atoms with Crippen LogP contribution in [0.3, 0.4) is 0 Å². The van der Waals surface area contributed by atoms with Crippen molar-refractivity contribution >= 4 is 17.2 Å². The molecule has 3 heterocycles. The number of thiophene rings is 1. The molecule has 1 aromatic rings. The summed E-state index contributed by atoms with van der Waals surface area (Å²) in [6, 6.07) is 2.04. The maximum absolute atomic E-state index is 12.4. The zero-order valence-electron chi connectivity index (χ0n) is 15.3. The molecule has 0 aromatic carbocycles. The first-order chi connectivity index (χ1) is 12.1. The van der Waals surface area contributed by atoms with E-state index in [-0.39, 0.29) is 11.5 Å². The zero-order valence-corrected chi connectivity index (χ0v) is 16.2. The van der Waals surface area contributed by atoms with Crippen molar-refractivity contribution in [3.8, 4) is 0 Å². The predicted molar refractivity (Wildman–Crippen MR) is 100 cm³/mol. The summed E-state index contributed by atoms with van der Waals surface area (Å²) >= 11 is 1.59. The second kappa shape index (κ2) is 8.16. The predicted octanol–water partition coefficient (Wildman–Crippen LogP) is 2.52. The Morgan fingerprint density at radius 2 is 2.20 bits per heavy atom. The third-order valence-electron chi connectivity index (χ3n) is 5.40. The van der Waals surface area contributed by atoms with Crippen LogP contribution in [-0.4, -0.2) is 54.8 Å². The number of amides is 1. The highest BCUT2D eigenvalue weighted by Crippen LogP contribution is 2.44. The number of ether oxygens (including phenoxy) is 1. The van der Waals surface area contributed by atoms with Crippen LogP contribution in [0.2, 0.25) is 0 Å². The van der Waals surface area contributed by atoms with Crippen molar-refractivity contribution in [3.63, 3.8) is 0 Å². The van der Waals surface area contributed by atoms with Crippen LogP contribution < -0.4 is 5.32 Å². The monoisotopic (exact) mass is 366 g/mol. The molecule has 3 rings (SSSR count). The summed E-state index contributed by atoms with van der Waals surface area (Å²) in [7, 11) is 0. The fourth-order valence-corrected chi connectivity index (χ4v) is 4.99. The Balaban J connectivity index is 1.72. The normalized spacial score (nSPS) is 21.1. The molecule has 0 radical (unpaired) electrons. The number of nitrogens with one attached hydrogen (secondary N) is 1. The lowest BCUT2D eigenvalue weighted by molar-refractivity contribution is -0.0969. The third-order valence-corrected chi connectivity index (χ3v) is 6.60. The molecule has 140 valence electrons. The van der Waals surface area contributed by atoms with E-state index in [0.29, 0.717) is 13.0 Å². The number of nitrogens with zero attached hydrogens (tertiary/aromatic N) is 1. The lowest BCUT2D eigenvalue weighted by Crippen LogP contribution is -2.46. The van der Waals surface area contributed by atoms with Crippen molar-refractivity contribution in [2.45, 2.75) is 57.7 Å². The highest BCUT2D eigenvalue weighted by atomic mass is 32.1. The quantitative estimate of drug-likeness (QED) is 0.812. The maximum atomic E-state index is 12.4. The van der Waals surface area contributed by atoms with E-state index in [1.165, 1.54) is 16.9 Å². The number of aliphatic hydroxyl groups excluding tert-OH is 1. The van der Waals surface area contributed by atoms with E-state index in [2.05, 4.69) is 17.1 Å². The molecule has 1 amide bonds. The van der Waals surface area contributed by atoms with Crippen LogP contribution in [0.15, 0.2) is 6.07 Å². The van der Waals surface area contributed by atoms with E-state index in [9.17, 15) is 9.90 Å². The second-order valence-electron chi connectivity index (χ2n) is 7.15. The first-order valence-electron chi connectivity index (χ1n) is 9.53. The molecule has 0 saturated carbocycles. The standard InChI is InChI=1S/C19H30N2O3S/c1-3-8-21-9-6-19(7-10-21)15-12-17(25-16(15)5-11-24-19)18(23)20-13-14(22)4-2/h12,14,22H,3-11,13H2,1-2H3,(H,20,23). The van der Waals surface area contributed by atoms with Gasteiger partial charge in [0.25, 0.3) is 5.91 Å². The molecule has 0 aliphatic carbocycles. The number of carbonyl (C=O) groups is 1. The summed E-state index contributed by atoms with van der Waals surface area (Å²) in [6.45, 7) is 8.47. The van der Waals surface area contributed by atoms with E-state index in [0.717, 1.165) is 50.4 Å². The highest BCUT2D eigenvalue weighted by molar-refractivity contribution is 7.14. The summed E-state index contributed by atoms with van der Waals surface area (Å²) in [6.07, 6.45) is 4.26. The molecule has 0 bridgehead atoms. The van der Waals surface area contributed by atoms with Crippen LogP contribution in [0.5, 0.6) is 0 Å². The first-order valence-corrected chi connectivity index (χ1v) is 10.4. The van der Waals surface area contributed by atoms with Gasteiger partial charge in [-0.25, -0.2) is 0 Å². The number of rotatable bonds is 6. The maximum Gasteiger partial charge on any atom is 0.261 e. The number of carbonyl (C=O) groups excluding carboxylic acids is 1.